The fourth-order valence-corrected chi connectivity index (χ4v) is 2.57. The first-order valence-corrected chi connectivity index (χ1v) is 7.13. The zero-order valence-corrected chi connectivity index (χ0v) is 12.3. The molecule has 0 aliphatic heterocycles. The van der Waals surface area contributed by atoms with E-state index in [1.807, 2.05) is 54.6 Å². The lowest BCUT2D eigenvalue weighted by Gasteiger charge is -2.07. The Morgan fingerprint density at radius 2 is 1.45 bits per heavy atom. The molecule has 3 aromatic carbocycles. The number of hydrogen-bond donors (Lipinski definition) is 0. The maximum Gasteiger partial charge on any atom is 0.277 e. The van der Waals surface area contributed by atoms with Gasteiger partial charge in [-0.15, -0.1) is 0 Å². The molecule has 0 N–H and O–H groups in total. The van der Waals surface area contributed by atoms with E-state index in [2.05, 4.69) is 0 Å². The number of rotatable bonds is 3. The fraction of sp³-hybridized carbons (Fsp3) is 0. The van der Waals surface area contributed by atoms with Crippen LogP contribution in [0.15, 0.2) is 72.8 Å². The summed E-state index contributed by atoms with van der Waals surface area (Å²) in [6, 6.07) is 22.2. The Morgan fingerprint density at radius 3 is 2.18 bits per heavy atom. The fourth-order valence-electron chi connectivity index (χ4n) is 2.40. The molecule has 0 heterocycles. The van der Waals surface area contributed by atoms with Crippen LogP contribution in [0.5, 0.6) is 0 Å². The van der Waals surface area contributed by atoms with E-state index < -0.39 is 0 Å². The highest BCUT2D eigenvalue weighted by Crippen LogP contribution is 2.34. The molecule has 0 saturated carbocycles. The van der Waals surface area contributed by atoms with E-state index in [0.717, 1.165) is 16.7 Å². The van der Waals surface area contributed by atoms with Gasteiger partial charge >= 0.3 is 0 Å². The standard InChI is InChI=1S/C18H12ClNO2/c19-16-9-10-18(20(21)22)17(12-16)15-8-4-7-14(11-15)13-5-2-1-3-6-13/h1-12H. The number of nitro groups is 1. The van der Waals surface area contributed by atoms with E-state index >= 15 is 0 Å². The molecule has 0 unspecified atom stereocenters. The maximum atomic E-state index is 11.2. The second kappa shape index (κ2) is 6.00. The molecule has 0 bridgehead atoms. The highest BCUT2D eigenvalue weighted by Gasteiger charge is 2.16. The van der Waals surface area contributed by atoms with Gasteiger partial charge in [0.2, 0.25) is 0 Å². The van der Waals surface area contributed by atoms with Crippen LogP contribution in [0.2, 0.25) is 5.02 Å². The highest BCUT2D eigenvalue weighted by molar-refractivity contribution is 6.31. The van der Waals surface area contributed by atoms with Crippen LogP contribution in [0.1, 0.15) is 0 Å². The van der Waals surface area contributed by atoms with Crippen LogP contribution < -0.4 is 0 Å². The summed E-state index contributed by atoms with van der Waals surface area (Å²) in [4.78, 5) is 10.8. The number of nitro benzene ring substituents is 1. The first-order chi connectivity index (χ1) is 10.6. The molecule has 3 rings (SSSR count). The first kappa shape index (κ1) is 14.3. The average Bonchev–Trinajstić information content (AvgIpc) is 2.55. The van der Waals surface area contributed by atoms with Gasteiger partial charge in [-0.1, -0.05) is 60.1 Å². The smallest absolute Gasteiger partial charge is 0.258 e. The lowest BCUT2D eigenvalue weighted by Crippen LogP contribution is -1.92. The van der Waals surface area contributed by atoms with Crippen molar-refractivity contribution in [3.63, 3.8) is 0 Å². The van der Waals surface area contributed by atoms with Crippen LogP contribution in [0.3, 0.4) is 0 Å². The van der Waals surface area contributed by atoms with Crippen molar-refractivity contribution in [1.29, 1.82) is 0 Å². The molecule has 3 aromatic rings. The lowest BCUT2D eigenvalue weighted by atomic mass is 9.98. The molecule has 108 valence electrons. The first-order valence-electron chi connectivity index (χ1n) is 6.75. The van der Waals surface area contributed by atoms with Crippen molar-refractivity contribution >= 4 is 17.3 Å². The van der Waals surface area contributed by atoms with Crippen LogP contribution in [0.4, 0.5) is 5.69 Å². The van der Waals surface area contributed by atoms with Gasteiger partial charge in [-0.25, -0.2) is 0 Å². The summed E-state index contributed by atoms with van der Waals surface area (Å²) < 4.78 is 0. The number of halogens is 1. The molecule has 0 aliphatic carbocycles. The van der Waals surface area contributed by atoms with Crippen LogP contribution in [0, 0.1) is 10.1 Å². The molecule has 4 heteroatoms. The molecular formula is C18H12ClNO2. The Hall–Kier alpha value is -2.65. The predicted octanol–water partition coefficient (Wildman–Crippen LogP) is 5.58. The third-order valence-corrected chi connectivity index (χ3v) is 3.67. The number of hydrogen-bond acceptors (Lipinski definition) is 2. The van der Waals surface area contributed by atoms with Crippen LogP contribution in [-0.2, 0) is 0 Å². The predicted molar refractivity (Wildman–Crippen MR) is 89.0 cm³/mol. The van der Waals surface area contributed by atoms with Gasteiger partial charge in [0, 0.05) is 11.1 Å². The summed E-state index contributed by atoms with van der Waals surface area (Å²) in [5.74, 6) is 0. The Labute approximate surface area is 133 Å². The van der Waals surface area contributed by atoms with E-state index in [0.29, 0.717) is 10.6 Å². The van der Waals surface area contributed by atoms with Crippen molar-refractivity contribution in [3.8, 4) is 22.3 Å². The van der Waals surface area contributed by atoms with Crippen LogP contribution >= 0.6 is 11.6 Å². The minimum atomic E-state index is -0.388. The molecule has 0 amide bonds. The van der Waals surface area contributed by atoms with Crippen molar-refractivity contribution in [1.82, 2.24) is 0 Å². The Balaban J connectivity index is 2.14. The van der Waals surface area contributed by atoms with Gasteiger partial charge in [-0.05, 0) is 34.9 Å². The van der Waals surface area contributed by atoms with E-state index in [1.165, 1.54) is 12.1 Å². The third kappa shape index (κ3) is 2.85. The summed E-state index contributed by atoms with van der Waals surface area (Å²) in [6.45, 7) is 0. The second-order valence-electron chi connectivity index (χ2n) is 4.87. The zero-order valence-electron chi connectivity index (χ0n) is 11.6. The average molecular weight is 310 g/mol. The molecule has 0 atom stereocenters. The Morgan fingerprint density at radius 1 is 0.773 bits per heavy atom. The summed E-state index contributed by atoms with van der Waals surface area (Å²) >= 11 is 6.01. The number of nitrogens with zero attached hydrogens (tertiary/aromatic N) is 1. The van der Waals surface area contributed by atoms with Crippen molar-refractivity contribution in [3.05, 3.63) is 87.9 Å². The monoisotopic (exact) mass is 309 g/mol. The largest absolute Gasteiger partial charge is 0.277 e. The highest BCUT2D eigenvalue weighted by atomic mass is 35.5. The zero-order chi connectivity index (χ0) is 15.5. The Kier molecular flexibility index (Phi) is 3.90. The van der Waals surface area contributed by atoms with E-state index in [1.54, 1.807) is 6.07 Å². The van der Waals surface area contributed by atoms with Gasteiger partial charge in [0.15, 0.2) is 0 Å². The van der Waals surface area contributed by atoms with Gasteiger partial charge in [0.1, 0.15) is 0 Å². The van der Waals surface area contributed by atoms with E-state index in [-0.39, 0.29) is 10.6 Å². The number of benzene rings is 3. The van der Waals surface area contributed by atoms with Gasteiger partial charge < -0.3 is 0 Å². The van der Waals surface area contributed by atoms with Crippen molar-refractivity contribution in [2.45, 2.75) is 0 Å². The molecule has 0 spiro atoms. The molecule has 0 aromatic heterocycles. The third-order valence-electron chi connectivity index (χ3n) is 3.44. The van der Waals surface area contributed by atoms with Gasteiger partial charge in [-0.2, -0.15) is 0 Å². The van der Waals surface area contributed by atoms with Crippen LogP contribution in [-0.4, -0.2) is 4.92 Å². The van der Waals surface area contributed by atoms with Crippen LogP contribution in [0.25, 0.3) is 22.3 Å². The maximum absolute atomic E-state index is 11.2. The molecule has 3 nitrogen and oxygen atoms in total. The minimum absolute atomic E-state index is 0.0506. The Bertz CT molecular complexity index is 832. The van der Waals surface area contributed by atoms with Gasteiger partial charge in [0.25, 0.3) is 5.69 Å². The quantitative estimate of drug-likeness (QED) is 0.468. The van der Waals surface area contributed by atoms with Gasteiger partial charge in [-0.3, -0.25) is 10.1 Å². The normalized spacial score (nSPS) is 10.4. The topological polar surface area (TPSA) is 43.1 Å². The summed E-state index contributed by atoms with van der Waals surface area (Å²) in [7, 11) is 0. The SMILES string of the molecule is O=[N+]([O-])c1ccc(Cl)cc1-c1cccc(-c2ccccc2)c1. The summed E-state index contributed by atoms with van der Waals surface area (Å²) in [5.41, 5.74) is 3.42. The van der Waals surface area contributed by atoms with Crippen molar-refractivity contribution < 1.29 is 4.92 Å². The minimum Gasteiger partial charge on any atom is -0.258 e. The second-order valence-corrected chi connectivity index (χ2v) is 5.30. The molecule has 0 saturated heterocycles. The van der Waals surface area contributed by atoms with E-state index in [9.17, 15) is 10.1 Å². The molecule has 22 heavy (non-hydrogen) atoms. The molecule has 0 radical (unpaired) electrons. The van der Waals surface area contributed by atoms with E-state index in [4.69, 9.17) is 11.6 Å². The lowest BCUT2D eigenvalue weighted by molar-refractivity contribution is -0.384. The molecule has 0 fully saturated rings. The van der Waals surface area contributed by atoms with Gasteiger partial charge in [0.05, 0.1) is 10.5 Å². The van der Waals surface area contributed by atoms with Crippen molar-refractivity contribution in [2.24, 2.45) is 0 Å². The van der Waals surface area contributed by atoms with Crippen molar-refractivity contribution in [2.75, 3.05) is 0 Å². The summed E-state index contributed by atoms with van der Waals surface area (Å²) in [5, 5.41) is 11.7. The molecule has 0 aliphatic rings. The molecular weight excluding hydrogens is 298 g/mol. The summed E-state index contributed by atoms with van der Waals surface area (Å²) in [6.07, 6.45) is 0.